The first-order valence-corrected chi connectivity index (χ1v) is 7.47. The Labute approximate surface area is 115 Å². The van der Waals surface area contributed by atoms with Crippen LogP contribution in [0, 0.1) is 6.92 Å². The average molecular weight is 260 g/mol. The molecular formula is C15H24N4. The molecule has 1 saturated heterocycles. The number of rotatable bonds is 4. The molecule has 1 aromatic heterocycles. The van der Waals surface area contributed by atoms with Gasteiger partial charge in [-0.3, -0.25) is 0 Å². The molecule has 2 aliphatic rings. The number of piperidine rings is 1. The van der Waals surface area contributed by atoms with Crippen LogP contribution in [0.3, 0.4) is 0 Å². The minimum atomic E-state index is 0.583. The third kappa shape index (κ3) is 3.51. The molecule has 2 fully saturated rings. The fourth-order valence-electron chi connectivity index (χ4n) is 2.88. The van der Waals surface area contributed by atoms with Gasteiger partial charge in [0.05, 0.1) is 6.54 Å². The zero-order chi connectivity index (χ0) is 13.2. The summed E-state index contributed by atoms with van der Waals surface area (Å²) < 4.78 is 0. The summed E-state index contributed by atoms with van der Waals surface area (Å²) in [6.45, 7) is 5.25. The van der Waals surface area contributed by atoms with Crippen molar-refractivity contribution in [3.8, 4) is 0 Å². The van der Waals surface area contributed by atoms with Crippen molar-refractivity contribution in [1.82, 2.24) is 20.2 Å². The Morgan fingerprint density at radius 3 is 2.89 bits per heavy atom. The molecule has 2 heterocycles. The maximum atomic E-state index is 4.79. The lowest BCUT2D eigenvalue weighted by Crippen LogP contribution is -2.31. The van der Waals surface area contributed by atoms with Gasteiger partial charge in [-0.05, 0) is 52.3 Å². The van der Waals surface area contributed by atoms with E-state index in [0.717, 1.165) is 24.6 Å². The molecule has 19 heavy (non-hydrogen) atoms. The molecule has 4 nitrogen and oxygen atoms in total. The second-order valence-electron chi connectivity index (χ2n) is 6.11. The molecule has 0 amide bonds. The van der Waals surface area contributed by atoms with Crippen molar-refractivity contribution in [1.29, 1.82) is 0 Å². The molecule has 0 radical (unpaired) electrons. The number of hydrogen-bond acceptors (Lipinski definition) is 4. The van der Waals surface area contributed by atoms with Gasteiger partial charge in [-0.2, -0.15) is 0 Å². The van der Waals surface area contributed by atoms with Crippen LogP contribution in [0.1, 0.15) is 48.8 Å². The summed E-state index contributed by atoms with van der Waals surface area (Å²) in [5.41, 5.74) is 2.34. The molecular weight excluding hydrogens is 236 g/mol. The van der Waals surface area contributed by atoms with Gasteiger partial charge in [0.2, 0.25) is 0 Å². The molecule has 0 aromatic carbocycles. The summed E-state index contributed by atoms with van der Waals surface area (Å²) in [4.78, 5) is 11.8. The van der Waals surface area contributed by atoms with Crippen molar-refractivity contribution in [3.05, 3.63) is 23.3 Å². The molecule has 1 aliphatic carbocycles. The van der Waals surface area contributed by atoms with Crippen molar-refractivity contribution in [2.45, 2.75) is 51.1 Å². The number of likely N-dealkylation sites (tertiary alicyclic amines) is 1. The monoisotopic (exact) mass is 260 g/mol. The van der Waals surface area contributed by atoms with Crippen LogP contribution < -0.4 is 5.32 Å². The summed E-state index contributed by atoms with van der Waals surface area (Å²) in [6.07, 6.45) is 5.16. The number of aromatic nitrogens is 2. The summed E-state index contributed by atoms with van der Waals surface area (Å²) in [6, 6.07) is 2.89. The van der Waals surface area contributed by atoms with Gasteiger partial charge in [-0.1, -0.05) is 0 Å². The highest BCUT2D eigenvalue weighted by atomic mass is 15.1. The van der Waals surface area contributed by atoms with Crippen molar-refractivity contribution < 1.29 is 0 Å². The van der Waals surface area contributed by atoms with Gasteiger partial charge in [0.1, 0.15) is 5.82 Å². The van der Waals surface area contributed by atoms with Crippen LogP contribution in [-0.2, 0) is 6.54 Å². The van der Waals surface area contributed by atoms with Gasteiger partial charge >= 0.3 is 0 Å². The first-order chi connectivity index (χ1) is 9.20. The Hall–Kier alpha value is -1.00. The Balaban J connectivity index is 1.72. The van der Waals surface area contributed by atoms with Crippen molar-refractivity contribution in [3.63, 3.8) is 0 Å². The molecule has 0 spiro atoms. The molecule has 1 aliphatic heterocycles. The largest absolute Gasteiger partial charge is 0.307 e. The van der Waals surface area contributed by atoms with Crippen molar-refractivity contribution >= 4 is 0 Å². The Morgan fingerprint density at radius 2 is 2.16 bits per heavy atom. The first kappa shape index (κ1) is 13.0. The predicted molar refractivity (Wildman–Crippen MR) is 76.1 cm³/mol. The summed E-state index contributed by atoms with van der Waals surface area (Å²) >= 11 is 0. The minimum absolute atomic E-state index is 0.583. The van der Waals surface area contributed by atoms with Crippen LogP contribution in [0.15, 0.2) is 6.07 Å². The lowest BCUT2D eigenvalue weighted by atomic mass is 9.94. The van der Waals surface area contributed by atoms with Gasteiger partial charge in [0.15, 0.2) is 0 Å². The quantitative estimate of drug-likeness (QED) is 0.897. The van der Waals surface area contributed by atoms with Crippen molar-refractivity contribution in [2.24, 2.45) is 0 Å². The van der Waals surface area contributed by atoms with Gasteiger partial charge in [-0.25, -0.2) is 9.97 Å². The fraction of sp³-hybridized carbons (Fsp3) is 0.733. The van der Waals surface area contributed by atoms with Crippen LogP contribution in [-0.4, -0.2) is 41.0 Å². The van der Waals surface area contributed by atoms with Gasteiger partial charge in [-0.15, -0.1) is 0 Å². The van der Waals surface area contributed by atoms with E-state index in [2.05, 4.69) is 35.2 Å². The lowest BCUT2D eigenvalue weighted by Gasteiger charge is -2.29. The van der Waals surface area contributed by atoms with Gasteiger partial charge in [0, 0.05) is 29.9 Å². The topological polar surface area (TPSA) is 41.1 Å². The van der Waals surface area contributed by atoms with Crippen LogP contribution in [0.25, 0.3) is 0 Å². The summed E-state index contributed by atoms with van der Waals surface area (Å²) in [5, 5.41) is 3.50. The molecule has 4 heteroatoms. The number of likely N-dealkylation sites (N-methyl/N-ethyl adjacent to an activating group) is 1. The van der Waals surface area contributed by atoms with E-state index in [1.807, 2.05) is 0 Å². The molecule has 1 saturated carbocycles. The van der Waals surface area contributed by atoms with E-state index in [1.54, 1.807) is 0 Å². The maximum Gasteiger partial charge on any atom is 0.142 e. The molecule has 1 unspecified atom stereocenters. The molecule has 1 atom stereocenters. The smallest absolute Gasteiger partial charge is 0.142 e. The second-order valence-corrected chi connectivity index (χ2v) is 6.11. The van der Waals surface area contributed by atoms with E-state index in [4.69, 9.17) is 4.98 Å². The van der Waals surface area contributed by atoms with Gasteiger partial charge in [0.25, 0.3) is 0 Å². The Morgan fingerprint density at radius 1 is 1.32 bits per heavy atom. The van der Waals surface area contributed by atoms with E-state index < -0.39 is 0 Å². The molecule has 1 aromatic rings. The zero-order valence-electron chi connectivity index (χ0n) is 12.0. The second kappa shape index (κ2) is 5.55. The predicted octanol–water partition coefficient (Wildman–Crippen LogP) is 1.85. The lowest BCUT2D eigenvalue weighted by molar-refractivity contribution is 0.248. The van der Waals surface area contributed by atoms with Crippen LogP contribution in [0.2, 0.25) is 0 Å². The molecule has 3 rings (SSSR count). The Bertz CT molecular complexity index is 442. The van der Waals surface area contributed by atoms with E-state index in [9.17, 15) is 0 Å². The Kier molecular flexibility index (Phi) is 3.80. The van der Waals surface area contributed by atoms with Crippen molar-refractivity contribution in [2.75, 3.05) is 20.1 Å². The van der Waals surface area contributed by atoms with Crippen LogP contribution in [0.5, 0.6) is 0 Å². The zero-order valence-corrected chi connectivity index (χ0v) is 12.0. The third-order valence-corrected chi connectivity index (χ3v) is 4.09. The standard InChI is InChI=1S/C15H24N4/c1-11-8-14(12-4-3-7-19(2)10-12)18-15(17-11)9-16-13-5-6-13/h8,12-13,16H,3-7,9-10H2,1-2H3. The highest BCUT2D eigenvalue weighted by Crippen LogP contribution is 2.25. The number of aryl methyl sites for hydroxylation is 1. The number of nitrogens with one attached hydrogen (secondary N) is 1. The van der Waals surface area contributed by atoms with E-state index in [-0.39, 0.29) is 0 Å². The highest BCUT2D eigenvalue weighted by Gasteiger charge is 2.22. The maximum absolute atomic E-state index is 4.79. The van der Waals surface area contributed by atoms with Crippen LogP contribution in [0.4, 0.5) is 0 Å². The van der Waals surface area contributed by atoms with Crippen LogP contribution >= 0.6 is 0 Å². The molecule has 104 valence electrons. The minimum Gasteiger partial charge on any atom is -0.307 e. The summed E-state index contributed by atoms with van der Waals surface area (Å²) in [5.74, 6) is 1.55. The number of nitrogens with zero attached hydrogens (tertiary/aromatic N) is 3. The van der Waals surface area contributed by atoms with E-state index in [1.165, 1.54) is 37.9 Å². The first-order valence-electron chi connectivity index (χ1n) is 7.47. The highest BCUT2D eigenvalue weighted by molar-refractivity contribution is 5.15. The van der Waals surface area contributed by atoms with Gasteiger partial charge < -0.3 is 10.2 Å². The van der Waals surface area contributed by atoms with E-state index >= 15 is 0 Å². The molecule has 0 bridgehead atoms. The SMILES string of the molecule is Cc1cc(C2CCCN(C)C2)nc(CNC2CC2)n1. The fourth-order valence-corrected chi connectivity index (χ4v) is 2.88. The summed E-state index contributed by atoms with van der Waals surface area (Å²) in [7, 11) is 2.20. The number of hydrogen-bond donors (Lipinski definition) is 1. The normalized spacial score (nSPS) is 24.6. The average Bonchev–Trinajstić information content (AvgIpc) is 3.20. The third-order valence-electron chi connectivity index (χ3n) is 4.09. The molecule has 1 N–H and O–H groups in total. The van der Waals surface area contributed by atoms with E-state index in [0.29, 0.717) is 12.0 Å².